The number of carbonyl (C=O) groups is 1. The molecule has 1 aliphatic rings. The third kappa shape index (κ3) is 4.60. The van der Waals surface area contributed by atoms with Gasteiger partial charge in [-0.05, 0) is 44.9 Å². The molecule has 1 fully saturated rings. The molecule has 0 N–H and O–H groups in total. The standard InChI is InChI=1S/C19H24N2O4/c1-19(2,3)25-18(22)21-8-10-23-13-16(21)12-14-5-4-6-15(11-14)17-20-7-9-24-17/h4-7,9,11,16H,8,10,12-13H2,1-3H3/t16-/m1/s1. The van der Waals surface area contributed by atoms with E-state index in [1.807, 2.05) is 45.0 Å². The fourth-order valence-electron chi connectivity index (χ4n) is 2.85. The van der Waals surface area contributed by atoms with E-state index in [2.05, 4.69) is 4.98 Å². The second-order valence-electron chi connectivity index (χ2n) is 7.14. The molecule has 0 aliphatic carbocycles. The van der Waals surface area contributed by atoms with Crippen molar-refractivity contribution in [3.05, 3.63) is 42.3 Å². The van der Waals surface area contributed by atoms with E-state index in [-0.39, 0.29) is 12.1 Å². The number of amides is 1. The smallest absolute Gasteiger partial charge is 0.410 e. The Bertz CT molecular complexity index is 706. The lowest BCUT2D eigenvalue weighted by Gasteiger charge is -2.36. The van der Waals surface area contributed by atoms with Crippen LogP contribution in [0.15, 0.2) is 41.1 Å². The van der Waals surface area contributed by atoms with Crippen molar-refractivity contribution in [1.82, 2.24) is 9.88 Å². The van der Waals surface area contributed by atoms with E-state index in [0.29, 0.717) is 32.1 Å². The number of nitrogens with zero attached hydrogens (tertiary/aromatic N) is 2. The predicted octanol–water partition coefficient (Wildman–Crippen LogP) is 3.52. The summed E-state index contributed by atoms with van der Waals surface area (Å²) in [6.07, 6.45) is 3.58. The highest BCUT2D eigenvalue weighted by molar-refractivity contribution is 5.68. The molecule has 0 radical (unpaired) electrons. The van der Waals surface area contributed by atoms with Crippen LogP contribution in [0.1, 0.15) is 26.3 Å². The van der Waals surface area contributed by atoms with Gasteiger partial charge in [0.25, 0.3) is 0 Å². The fraction of sp³-hybridized carbons (Fsp3) is 0.474. The Morgan fingerprint density at radius 3 is 2.96 bits per heavy atom. The van der Waals surface area contributed by atoms with Gasteiger partial charge in [0.15, 0.2) is 0 Å². The molecule has 0 saturated carbocycles. The monoisotopic (exact) mass is 344 g/mol. The van der Waals surface area contributed by atoms with Gasteiger partial charge in [0, 0.05) is 12.1 Å². The molecule has 0 spiro atoms. The first kappa shape index (κ1) is 17.5. The zero-order chi connectivity index (χ0) is 17.9. The van der Waals surface area contributed by atoms with Crippen molar-refractivity contribution in [2.75, 3.05) is 19.8 Å². The Kier molecular flexibility index (Phi) is 5.08. The van der Waals surface area contributed by atoms with E-state index >= 15 is 0 Å². The summed E-state index contributed by atoms with van der Waals surface area (Å²) in [7, 11) is 0. The Morgan fingerprint density at radius 2 is 2.24 bits per heavy atom. The van der Waals surface area contributed by atoms with Crippen molar-refractivity contribution in [3.63, 3.8) is 0 Å². The molecule has 6 nitrogen and oxygen atoms in total. The number of hydrogen-bond donors (Lipinski definition) is 0. The van der Waals surface area contributed by atoms with Crippen LogP contribution in [0.3, 0.4) is 0 Å². The highest BCUT2D eigenvalue weighted by atomic mass is 16.6. The van der Waals surface area contributed by atoms with Gasteiger partial charge in [0.2, 0.25) is 5.89 Å². The SMILES string of the molecule is CC(C)(C)OC(=O)N1CCOC[C@H]1Cc1cccc(-c2ncco2)c1. The number of morpholine rings is 1. The van der Waals surface area contributed by atoms with Crippen LogP contribution in [0.5, 0.6) is 0 Å². The third-order valence-electron chi connectivity index (χ3n) is 3.93. The maximum absolute atomic E-state index is 12.5. The summed E-state index contributed by atoms with van der Waals surface area (Å²) >= 11 is 0. The molecule has 1 saturated heterocycles. The maximum Gasteiger partial charge on any atom is 0.410 e. The topological polar surface area (TPSA) is 64.8 Å². The van der Waals surface area contributed by atoms with E-state index in [1.54, 1.807) is 17.4 Å². The first-order chi connectivity index (χ1) is 11.9. The molecule has 6 heteroatoms. The van der Waals surface area contributed by atoms with Crippen molar-refractivity contribution < 1.29 is 18.7 Å². The molecular formula is C19H24N2O4. The second-order valence-corrected chi connectivity index (χ2v) is 7.14. The normalized spacial score (nSPS) is 18.2. The average Bonchev–Trinajstić information content (AvgIpc) is 3.08. The van der Waals surface area contributed by atoms with Crippen molar-refractivity contribution in [2.24, 2.45) is 0 Å². The number of hydrogen-bond acceptors (Lipinski definition) is 5. The van der Waals surface area contributed by atoms with Crippen molar-refractivity contribution >= 4 is 6.09 Å². The summed E-state index contributed by atoms with van der Waals surface area (Å²) in [6, 6.07) is 7.94. The molecule has 134 valence electrons. The van der Waals surface area contributed by atoms with Gasteiger partial charge < -0.3 is 18.8 Å². The summed E-state index contributed by atoms with van der Waals surface area (Å²) in [4.78, 5) is 18.4. The number of aromatic nitrogens is 1. The second kappa shape index (κ2) is 7.27. The van der Waals surface area contributed by atoms with E-state index < -0.39 is 5.60 Å². The van der Waals surface area contributed by atoms with Gasteiger partial charge in [-0.1, -0.05) is 12.1 Å². The Morgan fingerprint density at radius 1 is 1.40 bits per heavy atom. The van der Waals surface area contributed by atoms with E-state index in [4.69, 9.17) is 13.9 Å². The summed E-state index contributed by atoms with van der Waals surface area (Å²) in [5, 5.41) is 0. The van der Waals surface area contributed by atoms with Crippen LogP contribution >= 0.6 is 0 Å². The van der Waals surface area contributed by atoms with Gasteiger partial charge in [-0.2, -0.15) is 0 Å². The molecule has 1 aliphatic heterocycles. The minimum Gasteiger partial charge on any atom is -0.445 e. The summed E-state index contributed by atoms with van der Waals surface area (Å²) in [5.74, 6) is 0.589. The molecule has 1 aromatic heterocycles. The number of rotatable bonds is 3. The van der Waals surface area contributed by atoms with Crippen LogP contribution in [0.2, 0.25) is 0 Å². The van der Waals surface area contributed by atoms with Crippen molar-refractivity contribution in [2.45, 2.75) is 38.8 Å². The largest absolute Gasteiger partial charge is 0.445 e. The van der Waals surface area contributed by atoms with Crippen molar-refractivity contribution in [1.29, 1.82) is 0 Å². The van der Waals surface area contributed by atoms with E-state index in [0.717, 1.165) is 11.1 Å². The maximum atomic E-state index is 12.5. The number of oxazole rings is 1. The van der Waals surface area contributed by atoms with Gasteiger partial charge in [0.05, 0.1) is 25.5 Å². The first-order valence-corrected chi connectivity index (χ1v) is 8.48. The van der Waals surface area contributed by atoms with Crippen molar-refractivity contribution in [3.8, 4) is 11.5 Å². The molecule has 2 aromatic rings. The number of ether oxygens (including phenoxy) is 2. The molecule has 1 atom stereocenters. The minimum absolute atomic E-state index is 0.0524. The Labute approximate surface area is 147 Å². The molecule has 2 heterocycles. The average molecular weight is 344 g/mol. The van der Waals surface area contributed by atoms with Gasteiger partial charge in [-0.25, -0.2) is 9.78 Å². The number of benzene rings is 1. The van der Waals surface area contributed by atoms with Crippen LogP contribution in [0, 0.1) is 0 Å². The fourth-order valence-corrected chi connectivity index (χ4v) is 2.85. The Hall–Kier alpha value is -2.34. The number of carbonyl (C=O) groups excluding carboxylic acids is 1. The molecule has 25 heavy (non-hydrogen) atoms. The first-order valence-electron chi connectivity index (χ1n) is 8.48. The van der Waals surface area contributed by atoms with Gasteiger partial charge in [0.1, 0.15) is 11.9 Å². The quantitative estimate of drug-likeness (QED) is 0.852. The van der Waals surface area contributed by atoms with Gasteiger partial charge in [-0.3, -0.25) is 0 Å². The molecule has 3 rings (SSSR count). The highest BCUT2D eigenvalue weighted by Crippen LogP contribution is 2.22. The lowest BCUT2D eigenvalue weighted by atomic mass is 10.0. The summed E-state index contributed by atoms with van der Waals surface area (Å²) < 4.78 is 16.5. The van der Waals surface area contributed by atoms with E-state index in [9.17, 15) is 4.79 Å². The third-order valence-corrected chi connectivity index (χ3v) is 3.93. The predicted molar refractivity (Wildman–Crippen MR) is 93.2 cm³/mol. The summed E-state index contributed by atoms with van der Waals surface area (Å²) in [5.41, 5.74) is 1.51. The van der Waals surface area contributed by atoms with Crippen LogP contribution in [0.25, 0.3) is 11.5 Å². The zero-order valence-corrected chi connectivity index (χ0v) is 14.9. The molecule has 1 amide bonds. The van der Waals surface area contributed by atoms with Crippen LogP contribution in [-0.2, 0) is 15.9 Å². The Balaban J connectivity index is 1.73. The van der Waals surface area contributed by atoms with E-state index in [1.165, 1.54) is 0 Å². The van der Waals surface area contributed by atoms with Crippen LogP contribution < -0.4 is 0 Å². The zero-order valence-electron chi connectivity index (χ0n) is 14.9. The van der Waals surface area contributed by atoms with Crippen LogP contribution in [-0.4, -0.2) is 47.4 Å². The molecule has 1 aromatic carbocycles. The lowest BCUT2D eigenvalue weighted by molar-refractivity contribution is -0.0319. The lowest BCUT2D eigenvalue weighted by Crippen LogP contribution is -2.51. The van der Waals surface area contributed by atoms with Gasteiger partial charge >= 0.3 is 6.09 Å². The molecule has 0 unspecified atom stereocenters. The molecular weight excluding hydrogens is 320 g/mol. The van der Waals surface area contributed by atoms with Crippen LogP contribution in [0.4, 0.5) is 4.79 Å². The minimum atomic E-state index is -0.509. The highest BCUT2D eigenvalue weighted by Gasteiger charge is 2.31. The summed E-state index contributed by atoms with van der Waals surface area (Å²) in [6.45, 7) is 7.20. The van der Waals surface area contributed by atoms with Gasteiger partial charge in [-0.15, -0.1) is 0 Å². The molecule has 0 bridgehead atoms.